The summed E-state index contributed by atoms with van der Waals surface area (Å²) in [6, 6.07) is 2.25. The number of piperidine rings is 1. The van der Waals surface area contributed by atoms with Gasteiger partial charge in [0, 0.05) is 42.1 Å². The molecule has 0 aliphatic carbocycles. The number of ether oxygens (including phenoxy) is 1. The van der Waals surface area contributed by atoms with Crippen LogP contribution in [0, 0.1) is 11.3 Å². The Kier molecular flexibility index (Phi) is 3.59. The molecule has 2 aliphatic rings. The van der Waals surface area contributed by atoms with Gasteiger partial charge in [0.1, 0.15) is 11.6 Å². The van der Waals surface area contributed by atoms with Crippen LogP contribution in [-0.2, 0) is 15.6 Å². The molecule has 7 nitrogen and oxygen atoms in total. The number of hydrogen-bond acceptors (Lipinski definition) is 5. The topological polar surface area (TPSA) is 108 Å². The predicted molar refractivity (Wildman–Crippen MR) is 87.9 cm³/mol. The van der Waals surface area contributed by atoms with Crippen LogP contribution in [-0.4, -0.2) is 34.1 Å². The second kappa shape index (κ2) is 5.26. The van der Waals surface area contributed by atoms with Crippen LogP contribution in [0.2, 0.25) is 0 Å². The summed E-state index contributed by atoms with van der Waals surface area (Å²) in [6.45, 7) is 9.01. The number of carbonyl (C=O) groups is 1. The fourth-order valence-corrected chi connectivity index (χ4v) is 3.77. The van der Waals surface area contributed by atoms with Crippen LogP contribution in [0.3, 0.4) is 0 Å². The van der Waals surface area contributed by atoms with Gasteiger partial charge < -0.3 is 15.4 Å². The minimum atomic E-state index is -0.548. The normalized spacial score (nSPS) is 19.7. The Labute approximate surface area is 141 Å². The van der Waals surface area contributed by atoms with Crippen molar-refractivity contribution in [2.24, 2.45) is 5.73 Å². The predicted octanol–water partition coefficient (Wildman–Crippen LogP) is 1.67. The average molecular weight is 329 g/mol. The number of rotatable bonds is 0. The van der Waals surface area contributed by atoms with E-state index in [9.17, 15) is 10.1 Å². The quantitative estimate of drug-likeness (QED) is 0.753. The highest BCUT2D eigenvalue weighted by Crippen LogP contribution is 2.51. The number of amides is 1. The molecule has 1 amide bonds. The van der Waals surface area contributed by atoms with Crippen LogP contribution in [0.25, 0.3) is 0 Å². The van der Waals surface area contributed by atoms with Crippen molar-refractivity contribution in [3.63, 3.8) is 0 Å². The molecule has 0 radical (unpaired) electrons. The van der Waals surface area contributed by atoms with Crippen LogP contribution in [0.5, 0.6) is 5.88 Å². The smallest absolute Gasteiger partial charge is 0.244 e. The van der Waals surface area contributed by atoms with Gasteiger partial charge in [0.05, 0.1) is 0 Å². The minimum Gasteiger partial charge on any atom is -0.420 e. The number of likely N-dealkylation sites (tertiary alicyclic amines) is 1. The van der Waals surface area contributed by atoms with E-state index >= 15 is 0 Å². The Balaban J connectivity index is 2.16. The first kappa shape index (κ1) is 16.4. The average Bonchev–Trinajstić information content (AvgIpc) is 2.92. The highest BCUT2D eigenvalue weighted by atomic mass is 16.5. The van der Waals surface area contributed by atoms with E-state index in [1.54, 1.807) is 6.92 Å². The number of nitrogens with zero attached hydrogens (tertiary/aromatic N) is 3. The fourth-order valence-electron chi connectivity index (χ4n) is 3.77. The highest BCUT2D eigenvalue weighted by Gasteiger charge is 2.50. The summed E-state index contributed by atoms with van der Waals surface area (Å²) in [4.78, 5) is 13.5. The molecule has 3 heterocycles. The molecule has 3 N–H and O–H groups in total. The van der Waals surface area contributed by atoms with E-state index < -0.39 is 5.41 Å². The summed E-state index contributed by atoms with van der Waals surface area (Å²) in [5.74, 6) is 0.622. The summed E-state index contributed by atoms with van der Waals surface area (Å²) in [7, 11) is 0. The largest absolute Gasteiger partial charge is 0.420 e. The van der Waals surface area contributed by atoms with Gasteiger partial charge in [0.2, 0.25) is 17.7 Å². The third-order valence-corrected chi connectivity index (χ3v) is 5.07. The van der Waals surface area contributed by atoms with Crippen LogP contribution in [0.1, 0.15) is 51.8 Å². The lowest BCUT2D eigenvalue weighted by molar-refractivity contribution is -0.130. The van der Waals surface area contributed by atoms with Crippen LogP contribution in [0.4, 0.5) is 0 Å². The molecule has 0 atom stereocenters. The van der Waals surface area contributed by atoms with Gasteiger partial charge in [-0.25, -0.2) is 0 Å². The Morgan fingerprint density at radius 3 is 2.54 bits per heavy atom. The molecule has 0 unspecified atom stereocenters. The number of aromatic amines is 1. The monoisotopic (exact) mass is 329 g/mol. The van der Waals surface area contributed by atoms with Gasteiger partial charge in [-0.3, -0.25) is 9.89 Å². The van der Waals surface area contributed by atoms with Gasteiger partial charge in [-0.2, -0.15) is 5.26 Å². The highest BCUT2D eigenvalue weighted by molar-refractivity contribution is 5.73. The van der Waals surface area contributed by atoms with Crippen LogP contribution < -0.4 is 10.5 Å². The molecule has 0 bridgehead atoms. The van der Waals surface area contributed by atoms with Crippen molar-refractivity contribution in [3.05, 3.63) is 22.7 Å². The molecular weight excluding hydrogens is 306 g/mol. The molecule has 0 aromatic carbocycles. The van der Waals surface area contributed by atoms with Crippen molar-refractivity contribution < 1.29 is 9.53 Å². The lowest BCUT2D eigenvalue weighted by atomic mass is 9.65. The molecule has 1 saturated heterocycles. The SMILES string of the molecule is CC(=O)N1CCC2(CC1)C(C#N)=C(N)Oc1n[nH]c(C(C)(C)C)c12. The van der Waals surface area contributed by atoms with Gasteiger partial charge in [0.15, 0.2) is 0 Å². The lowest BCUT2D eigenvalue weighted by Gasteiger charge is -2.44. The molecule has 24 heavy (non-hydrogen) atoms. The summed E-state index contributed by atoms with van der Waals surface area (Å²) in [5, 5.41) is 17.1. The number of H-pyrrole nitrogens is 1. The molecular formula is C17H23N5O2. The Bertz CT molecular complexity index is 755. The van der Waals surface area contributed by atoms with E-state index in [0.29, 0.717) is 37.4 Å². The first-order valence-electron chi connectivity index (χ1n) is 8.14. The number of fused-ring (bicyclic) bond motifs is 2. The van der Waals surface area contributed by atoms with Gasteiger partial charge >= 0.3 is 0 Å². The van der Waals surface area contributed by atoms with E-state index in [4.69, 9.17) is 10.5 Å². The number of aromatic nitrogens is 2. The Hall–Kier alpha value is -2.49. The maximum absolute atomic E-state index is 11.7. The van der Waals surface area contributed by atoms with Crippen molar-refractivity contribution in [1.82, 2.24) is 15.1 Å². The van der Waals surface area contributed by atoms with Crippen LogP contribution >= 0.6 is 0 Å². The molecule has 2 aliphatic heterocycles. The van der Waals surface area contributed by atoms with E-state index in [1.807, 2.05) is 4.90 Å². The number of hydrogen-bond donors (Lipinski definition) is 2. The minimum absolute atomic E-state index is 0.0517. The fraction of sp³-hybridized carbons (Fsp3) is 0.588. The van der Waals surface area contributed by atoms with Gasteiger partial charge in [0.25, 0.3) is 0 Å². The van der Waals surface area contributed by atoms with Crippen molar-refractivity contribution in [3.8, 4) is 11.9 Å². The third-order valence-electron chi connectivity index (χ3n) is 5.07. The molecule has 0 saturated carbocycles. The lowest BCUT2D eigenvalue weighted by Crippen LogP contribution is -2.48. The summed E-state index contributed by atoms with van der Waals surface area (Å²) < 4.78 is 5.62. The molecule has 1 aromatic rings. The Morgan fingerprint density at radius 2 is 2.04 bits per heavy atom. The van der Waals surface area contributed by atoms with E-state index in [2.05, 4.69) is 37.0 Å². The van der Waals surface area contributed by atoms with E-state index in [-0.39, 0.29) is 17.2 Å². The first-order chi connectivity index (χ1) is 11.2. The van der Waals surface area contributed by atoms with Gasteiger partial charge in [-0.15, -0.1) is 5.10 Å². The zero-order chi connectivity index (χ0) is 17.7. The van der Waals surface area contributed by atoms with Crippen molar-refractivity contribution in [1.29, 1.82) is 5.26 Å². The molecule has 1 spiro atoms. The van der Waals surface area contributed by atoms with Crippen LogP contribution in [0.15, 0.2) is 11.5 Å². The summed E-state index contributed by atoms with van der Waals surface area (Å²) >= 11 is 0. The summed E-state index contributed by atoms with van der Waals surface area (Å²) in [6.07, 6.45) is 1.27. The third kappa shape index (κ3) is 2.25. The Morgan fingerprint density at radius 1 is 1.42 bits per heavy atom. The molecule has 1 fully saturated rings. The molecule has 1 aromatic heterocycles. The number of nitriles is 1. The second-order valence-corrected chi connectivity index (χ2v) is 7.57. The zero-order valence-corrected chi connectivity index (χ0v) is 14.6. The second-order valence-electron chi connectivity index (χ2n) is 7.57. The molecule has 7 heteroatoms. The number of nitrogens with two attached hydrogens (primary N) is 1. The first-order valence-corrected chi connectivity index (χ1v) is 8.14. The maximum atomic E-state index is 11.7. The van der Waals surface area contributed by atoms with E-state index in [0.717, 1.165) is 11.3 Å². The zero-order valence-electron chi connectivity index (χ0n) is 14.6. The number of carbonyl (C=O) groups excluding carboxylic acids is 1. The number of allylic oxidation sites excluding steroid dienone is 1. The molecule has 128 valence electrons. The van der Waals surface area contributed by atoms with E-state index in [1.165, 1.54) is 0 Å². The van der Waals surface area contributed by atoms with Crippen molar-refractivity contribution >= 4 is 5.91 Å². The standard InChI is InChI=1S/C17H23N5O2/c1-10(23)22-7-5-17(6-8-22)11(9-18)14(19)24-15-12(17)13(20-21-15)16(2,3)4/h5-8,19H2,1-4H3,(H,20,21). The van der Waals surface area contributed by atoms with Gasteiger partial charge in [-0.05, 0) is 12.8 Å². The van der Waals surface area contributed by atoms with Crippen molar-refractivity contribution in [2.45, 2.75) is 51.4 Å². The summed E-state index contributed by atoms with van der Waals surface area (Å²) in [5.41, 5.74) is 7.62. The maximum Gasteiger partial charge on any atom is 0.244 e. The van der Waals surface area contributed by atoms with Gasteiger partial charge in [-0.1, -0.05) is 20.8 Å². The number of nitrogens with one attached hydrogen (secondary N) is 1. The van der Waals surface area contributed by atoms with Crippen molar-refractivity contribution in [2.75, 3.05) is 13.1 Å². The molecule has 3 rings (SSSR count).